The number of piperazine rings is 1. The number of benzene rings is 2. The van der Waals surface area contributed by atoms with Crippen LogP contribution in [0.5, 0.6) is 0 Å². The Kier molecular flexibility index (Phi) is 6.42. The molecule has 2 heterocycles. The lowest BCUT2D eigenvalue weighted by molar-refractivity contribution is -0.159. The van der Waals surface area contributed by atoms with E-state index in [0.717, 1.165) is 23.1 Å². The van der Waals surface area contributed by atoms with Gasteiger partial charge in [-0.15, -0.1) is 0 Å². The maximum atomic E-state index is 13.0. The number of hydrogen-bond acceptors (Lipinski definition) is 3. The summed E-state index contributed by atoms with van der Waals surface area (Å²) >= 11 is 0. The van der Waals surface area contributed by atoms with E-state index in [1.807, 2.05) is 31.2 Å². The van der Waals surface area contributed by atoms with Crippen molar-refractivity contribution in [2.45, 2.75) is 31.3 Å². The average molecular weight is 435 g/mol. The van der Waals surface area contributed by atoms with Gasteiger partial charge in [-0.05, 0) is 48.4 Å². The van der Waals surface area contributed by atoms with Gasteiger partial charge in [-0.25, -0.2) is 9.18 Å². The van der Waals surface area contributed by atoms with Crippen molar-refractivity contribution in [2.24, 2.45) is 0 Å². The van der Waals surface area contributed by atoms with Crippen LogP contribution in [0, 0.1) is 17.7 Å². The van der Waals surface area contributed by atoms with Crippen LogP contribution in [0.25, 0.3) is 0 Å². The molecule has 2 aliphatic heterocycles. The summed E-state index contributed by atoms with van der Waals surface area (Å²) < 4.78 is 13.0. The fraction of sp³-hybridized carbons (Fsp3) is 0.360. The van der Waals surface area contributed by atoms with Crippen LogP contribution in [0.1, 0.15) is 36.0 Å². The van der Waals surface area contributed by atoms with Crippen molar-refractivity contribution in [3.63, 3.8) is 0 Å². The molecule has 7 heteroatoms. The number of amides is 3. The molecule has 0 aromatic heterocycles. The van der Waals surface area contributed by atoms with Crippen LogP contribution in [-0.4, -0.2) is 65.2 Å². The van der Waals surface area contributed by atoms with Gasteiger partial charge in [0.05, 0.1) is 18.7 Å². The van der Waals surface area contributed by atoms with E-state index in [2.05, 4.69) is 17.2 Å². The number of aliphatic hydroxyl groups excluding tert-OH is 1. The molecule has 2 N–H and O–H groups in total. The molecule has 2 aliphatic rings. The summed E-state index contributed by atoms with van der Waals surface area (Å²) in [6, 6.07) is 13.1. The largest absolute Gasteiger partial charge is 0.394 e. The van der Waals surface area contributed by atoms with Crippen LogP contribution in [-0.2, 0) is 4.79 Å². The van der Waals surface area contributed by atoms with Gasteiger partial charge in [0.15, 0.2) is 0 Å². The second-order valence-electron chi connectivity index (χ2n) is 8.14. The minimum Gasteiger partial charge on any atom is -0.394 e. The summed E-state index contributed by atoms with van der Waals surface area (Å²) in [6.45, 7) is 2.90. The van der Waals surface area contributed by atoms with E-state index >= 15 is 0 Å². The molecule has 2 aromatic carbocycles. The molecule has 3 atom stereocenters. The first-order valence-electron chi connectivity index (χ1n) is 10.8. The van der Waals surface area contributed by atoms with Crippen LogP contribution < -0.4 is 5.32 Å². The Morgan fingerprint density at radius 3 is 2.34 bits per heavy atom. The van der Waals surface area contributed by atoms with Crippen LogP contribution in [0.4, 0.5) is 9.18 Å². The molecule has 32 heavy (non-hydrogen) atoms. The first kappa shape index (κ1) is 21.8. The number of carbonyl (C=O) groups excluding carboxylic acids is 2. The third kappa shape index (κ3) is 4.32. The Bertz CT molecular complexity index is 1040. The zero-order valence-corrected chi connectivity index (χ0v) is 17.9. The number of carbonyl (C=O) groups is 2. The fourth-order valence-electron chi connectivity index (χ4n) is 4.46. The Balaban J connectivity index is 1.49. The molecule has 0 aliphatic carbocycles. The van der Waals surface area contributed by atoms with Gasteiger partial charge in [-0.2, -0.15) is 0 Å². The van der Waals surface area contributed by atoms with E-state index in [-0.39, 0.29) is 48.9 Å². The third-order valence-corrected chi connectivity index (χ3v) is 6.06. The molecule has 0 radical (unpaired) electrons. The zero-order chi connectivity index (χ0) is 22.7. The van der Waals surface area contributed by atoms with Crippen LogP contribution in [0.3, 0.4) is 0 Å². The summed E-state index contributed by atoms with van der Waals surface area (Å²) in [5, 5.41) is 12.7. The predicted molar refractivity (Wildman–Crippen MR) is 118 cm³/mol. The van der Waals surface area contributed by atoms with Crippen LogP contribution in [0.2, 0.25) is 0 Å². The monoisotopic (exact) mass is 435 g/mol. The van der Waals surface area contributed by atoms with Crippen molar-refractivity contribution in [1.29, 1.82) is 0 Å². The number of urea groups is 1. The van der Waals surface area contributed by atoms with Gasteiger partial charge in [0.1, 0.15) is 12.4 Å². The molecule has 6 nitrogen and oxygen atoms in total. The molecule has 0 spiro atoms. The highest BCUT2D eigenvalue weighted by molar-refractivity contribution is 5.87. The van der Waals surface area contributed by atoms with Crippen molar-refractivity contribution in [2.75, 3.05) is 26.2 Å². The van der Waals surface area contributed by atoms with Crippen molar-refractivity contribution < 1.29 is 19.1 Å². The Labute approximate surface area is 187 Å². The lowest BCUT2D eigenvalue weighted by Crippen LogP contribution is -2.73. The minimum absolute atomic E-state index is 0.0349. The molecule has 3 amide bonds. The highest BCUT2D eigenvalue weighted by atomic mass is 19.1. The molecule has 0 unspecified atom stereocenters. The normalized spacial score (nSPS) is 21.8. The van der Waals surface area contributed by atoms with Crippen molar-refractivity contribution in [3.8, 4) is 11.8 Å². The lowest BCUT2D eigenvalue weighted by atomic mass is 9.73. The summed E-state index contributed by atoms with van der Waals surface area (Å²) in [7, 11) is 0. The summed E-state index contributed by atoms with van der Waals surface area (Å²) in [5.41, 5.74) is 2.55. The number of aliphatic hydroxyl groups is 1. The Morgan fingerprint density at radius 1 is 1.12 bits per heavy atom. The van der Waals surface area contributed by atoms with Gasteiger partial charge < -0.3 is 20.2 Å². The first-order chi connectivity index (χ1) is 15.5. The number of nitrogens with zero attached hydrogens (tertiary/aromatic N) is 2. The highest BCUT2D eigenvalue weighted by Gasteiger charge is 2.54. The number of halogens is 1. The zero-order valence-electron chi connectivity index (χ0n) is 17.9. The first-order valence-corrected chi connectivity index (χ1v) is 10.8. The second-order valence-corrected chi connectivity index (χ2v) is 8.14. The maximum absolute atomic E-state index is 13.0. The van der Waals surface area contributed by atoms with E-state index < -0.39 is 0 Å². The molecular formula is C25H26FN3O3. The number of hydrogen-bond donors (Lipinski definition) is 2. The van der Waals surface area contributed by atoms with E-state index in [1.165, 1.54) is 12.1 Å². The summed E-state index contributed by atoms with van der Waals surface area (Å²) in [6.07, 6.45) is 0.828. The average Bonchev–Trinajstić information content (AvgIpc) is 2.79. The smallest absolute Gasteiger partial charge is 0.317 e. The van der Waals surface area contributed by atoms with Gasteiger partial charge >= 0.3 is 6.03 Å². The van der Waals surface area contributed by atoms with Crippen LogP contribution >= 0.6 is 0 Å². The molecule has 166 valence electrons. The van der Waals surface area contributed by atoms with Crippen molar-refractivity contribution in [1.82, 2.24) is 15.1 Å². The molecule has 0 bridgehead atoms. The lowest BCUT2D eigenvalue weighted by Gasteiger charge is -2.58. The van der Waals surface area contributed by atoms with Gasteiger partial charge in [-0.3, -0.25) is 4.79 Å². The fourth-order valence-corrected chi connectivity index (χ4v) is 4.46. The summed E-state index contributed by atoms with van der Waals surface area (Å²) in [4.78, 5) is 28.3. The van der Waals surface area contributed by atoms with E-state index in [1.54, 1.807) is 21.9 Å². The molecule has 2 fully saturated rings. The highest BCUT2D eigenvalue weighted by Crippen LogP contribution is 2.42. The molecule has 2 saturated heterocycles. The third-order valence-electron chi connectivity index (χ3n) is 6.06. The van der Waals surface area contributed by atoms with Crippen molar-refractivity contribution >= 4 is 11.9 Å². The van der Waals surface area contributed by atoms with E-state index in [4.69, 9.17) is 0 Å². The Hall–Kier alpha value is -3.37. The number of rotatable bonds is 4. The summed E-state index contributed by atoms with van der Waals surface area (Å²) in [5.74, 6) is 5.59. The maximum Gasteiger partial charge on any atom is 0.317 e. The Morgan fingerprint density at radius 2 is 1.75 bits per heavy atom. The number of fused-ring (bicyclic) bond motifs is 1. The predicted octanol–water partition coefficient (Wildman–Crippen LogP) is 2.32. The number of nitrogens with one attached hydrogen (secondary N) is 1. The van der Waals surface area contributed by atoms with Gasteiger partial charge in [0.2, 0.25) is 5.91 Å². The van der Waals surface area contributed by atoms with Crippen molar-refractivity contribution in [3.05, 3.63) is 71.0 Å². The van der Waals surface area contributed by atoms with Gasteiger partial charge in [0, 0.05) is 30.1 Å². The molecule has 4 rings (SSSR count). The topological polar surface area (TPSA) is 72.9 Å². The van der Waals surface area contributed by atoms with Gasteiger partial charge in [-0.1, -0.05) is 30.9 Å². The molecule has 2 aromatic rings. The molecule has 0 saturated carbocycles. The standard InChI is InChI=1S/C25H26FN3O3/c1-2-13-27-25(32)28-14-21-24(22(16-30)29(21)23(31)15-28)19-9-5-17(6-10-19)3-4-18-7-11-20(26)12-8-18/h5-12,21-22,24,30H,2,13-16H2,1H3,(H,27,32)/t21-,22-,24-/m1/s1. The quantitative estimate of drug-likeness (QED) is 0.724. The second kappa shape index (κ2) is 9.41. The van der Waals surface area contributed by atoms with Crippen LogP contribution in [0.15, 0.2) is 48.5 Å². The molecular weight excluding hydrogens is 409 g/mol. The van der Waals surface area contributed by atoms with Gasteiger partial charge in [0.25, 0.3) is 0 Å². The minimum atomic E-state index is -0.296. The van der Waals surface area contributed by atoms with E-state index in [9.17, 15) is 19.1 Å². The SMILES string of the molecule is CCCNC(=O)N1CC(=O)N2[C@H](CO)[C@H](c3ccc(C#Cc4ccc(F)cc4)cc3)[C@H]2C1. The van der Waals surface area contributed by atoms with E-state index in [0.29, 0.717) is 13.1 Å².